The first-order chi connectivity index (χ1) is 14.8. The van der Waals surface area contributed by atoms with Crippen molar-refractivity contribution in [2.24, 2.45) is 5.92 Å². The number of hydrogen-bond acceptors (Lipinski definition) is 5. The van der Waals surface area contributed by atoms with Crippen LogP contribution in [0.3, 0.4) is 0 Å². The molecular weight excluding hydrogens is 404 g/mol. The first kappa shape index (κ1) is 21.3. The van der Waals surface area contributed by atoms with Gasteiger partial charge in [0.1, 0.15) is 23.4 Å². The van der Waals surface area contributed by atoms with E-state index in [0.29, 0.717) is 12.3 Å². The molecule has 31 heavy (non-hydrogen) atoms. The number of carbonyl (C=O) groups is 1. The highest BCUT2D eigenvalue weighted by atomic mass is 19.3. The lowest BCUT2D eigenvalue weighted by atomic mass is 10.1. The van der Waals surface area contributed by atoms with Crippen molar-refractivity contribution in [3.63, 3.8) is 0 Å². The third-order valence-corrected chi connectivity index (χ3v) is 5.70. The molecule has 4 rings (SSSR count). The van der Waals surface area contributed by atoms with Crippen LogP contribution in [0.4, 0.5) is 14.6 Å². The molecule has 2 aliphatic rings. The summed E-state index contributed by atoms with van der Waals surface area (Å²) in [6, 6.07) is 11.3. The van der Waals surface area contributed by atoms with Gasteiger partial charge in [0.2, 0.25) is 5.91 Å². The predicted octanol–water partition coefficient (Wildman–Crippen LogP) is 3.97. The highest BCUT2D eigenvalue weighted by Gasteiger charge is 2.57. The van der Waals surface area contributed by atoms with Gasteiger partial charge in [-0.1, -0.05) is 12.1 Å². The fourth-order valence-electron chi connectivity index (χ4n) is 3.74. The van der Waals surface area contributed by atoms with E-state index in [1.165, 1.54) is 6.92 Å². The number of pyridine rings is 1. The van der Waals surface area contributed by atoms with Gasteiger partial charge in [-0.05, 0) is 36.8 Å². The van der Waals surface area contributed by atoms with E-state index in [1.807, 2.05) is 37.3 Å². The molecule has 1 aliphatic carbocycles. The van der Waals surface area contributed by atoms with E-state index in [9.17, 15) is 13.6 Å². The average molecular weight is 431 g/mol. The first-order valence-corrected chi connectivity index (χ1v) is 10.6. The number of rotatable bonds is 8. The molecule has 3 atom stereocenters. The quantitative estimate of drug-likeness (QED) is 0.685. The van der Waals surface area contributed by atoms with Gasteiger partial charge >= 0.3 is 0 Å². The number of aromatic nitrogens is 1. The van der Waals surface area contributed by atoms with Gasteiger partial charge in [0, 0.05) is 26.3 Å². The maximum atomic E-state index is 12.9. The second-order valence-corrected chi connectivity index (χ2v) is 8.29. The Morgan fingerprint density at radius 2 is 1.97 bits per heavy atom. The molecule has 0 spiro atoms. The number of nitrogens with one attached hydrogen (secondary N) is 1. The van der Waals surface area contributed by atoms with Gasteiger partial charge < -0.3 is 19.7 Å². The lowest BCUT2D eigenvalue weighted by molar-refractivity contribution is -0.119. The maximum absolute atomic E-state index is 12.9. The van der Waals surface area contributed by atoms with Gasteiger partial charge in [-0.2, -0.15) is 0 Å². The highest BCUT2D eigenvalue weighted by Crippen LogP contribution is 2.48. The molecule has 1 N–H and O–H groups in total. The van der Waals surface area contributed by atoms with Crippen LogP contribution in [0.1, 0.15) is 38.3 Å². The van der Waals surface area contributed by atoms with E-state index in [0.717, 1.165) is 30.1 Å². The maximum Gasteiger partial charge on any atom is 0.255 e. The number of hydrogen-bond donors (Lipinski definition) is 1. The fourth-order valence-corrected chi connectivity index (χ4v) is 3.74. The van der Waals surface area contributed by atoms with Crippen molar-refractivity contribution in [3.8, 4) is 11.5 Å². The molecule has 166 valence electrons. The molecule has 1 saturated heterocycles. The average Bonchev–Trinajstić information content (AvgIpc) is 3.11. The lowest BCUT2D eigenvalue weighted by Crippen LogP contribution is -2.25. The van der Waals surface area contributed by atoms with Gasteiger partial charge in [-0.3, -0.25) is 4.79 Å². The summed E-state index contributed by atoms with van der Waals surface area (Å²) in [5, 5.41) is 2.86. The number of nitrogens with zero attached hydrogens (tertiary/aromatic N) is 2. The number of benzene rings is 1. The normalized spacial score (nSPS) is 22.6. The largest absolute Gasteiger partial charge is 0.491 e. The van der Waals surface area contributed by atoms with Crippen LogP contribution in [-0.2, 0) is 4.79 Å². The summed E-state index contributed by atoms with van der Waals surface area (Å²) in [4.78, 5) is 17.7. The Morgan fingerprint density at radius 3 is 2.58 bits per heavy atom. The van der Waals surface area contributed by atoms with Crippen molar-refractivity contribution in [1.29, 1.82) is 0 Å². The van der Waals surface area contributed by atoms with Crippen LogP contribution < -0.4 is 19.7 Å². The summed E-state index contributed by atoms with van der Waals surface area (Å²) in [6.45, 7) is 5.01. The zero-order chi connectivity index (χ0) is 22.0. The molecule has 2 aromatic rings. The van der Waals surface area contributed by atoms with E-state index in [4.69, 9.17) is 9.47 Å². The van der Waals surface area contributed by atoms with Gasteiger partial charge in [-0.25, -0.2) is 13.8 Å². The molecule has 0 unspecified atom stereocenters. The minimum absolute atomic E-state index is 0.0238. The van der Waals surface area contributed by atoms with Crippen LogP contribution in [0.5, 0.6) is 11.5 Å². The summed E-state index contributed by atoms with van der Waals surface area (Å²) >= 11 is 0. The molecule has 2 heterocycles. The number of alkyl halides is 2. The van der Waals surface area contributed by atoms with Gasteiger partial charge in [0.15, 0.2) is 0 Å². The van der Waals surface area contributed by atoms with Crippen molar-refractivity contribution in [1.82, 2.24) is 10.3 Å². The molecular formula is C23H27F2N3O3. The zero-order valence-corrected chi connectivity index (χ0v) is 17.7. The Labute approximate surface area is 180 Å². The van der Waals surface area contributed by atoms with Crippen molar-refractivity contribution in [2.45, 2.75) is 44.8 Å². The number of carbonyl (C=O) groups excluding carboxylic acids is 1. The second kappa shape index (κ2) is 8.69. The molecule has 6 nitrogen and oxygen atoms in total. The van der Waals surface area contributed by atoms with Gasteiger partial charge in [-0.15, -0.1) is 0 Å². The molecule has 1 aromatic carbocycles. The third kappa shape index (κ3) is 5.42. The monoisotopic (exact) mass is 431 g/mol. The van der Waals surface area contributed by atoms with E-state index in [-0.39, 0.29) is 31.1 Å². The summed E-state index contributed by atoms with van der Waals surface area (Å²) in [7, 11) is 0. The Morgan fingerprint density at radius 1 is 1.26 bits per heavy atom. The van der Waals surface area contributed by atoms with Crippen LogP contribution >= 0.6 is 0 Å². The number of ether oxygens (including phenoxy) is 2. The molecule has 8 heteroatoms. The van der Waals surface area contributed by atoms with E-state index >= 15 is 0 Å². The van der Waals surface area contributed by atoms with Crippen molar-refractivity contribution in [3.05, 3.63) is 48.2 Å². The molecule has 1 amide bonds. The predicted molar refractivity (Wildman–Crippen MR) is 113 cm³/mol. The lowest BCUT2D eigenvalue weighted by Gasteiger charge is -2.19. The number of halogens is 2. The Kier molecular flexibility index (Phi) is 5.98. The van der Waals surface area contributed by atoms with Crippen LogP contribution in [0.15, 0.2) is 42.6 Å². The summed E-state index contributed by atoms with van der Waals surface area (Å²) < 4.78 is 37.4. The van der Waals surface area contributed by atoms with E-state index in [2.05, 4.69) is 15.2 Å². The van der Waals surface area contributed by atoms with Gasteiger partial charge in [0.05, 0.1) is 31.3 Å². The minimum Gasteiger partial charge on any atom is -0.491 e. The van der Waals surface area contributed by atoms with Crippen molar-refractivity contribution < 1.29 is 23.0 Å². The van der Waals surface area contributed by atoms with Crippen LogP contribution in [0, 0.1) is 5.92 Å². The van der Waals surface area contributed by atoms with Crippen LogP contribution in [0.25, 0.3) is 0 Å². The van der Waals surface area contributed by atoms with Crippen molar-refractivity contribution in [2.75, 3.05) is 24.6 Å². The molecule has 2 fully saturated rings. The molecule has 1 saturated carbocycles. The topological polar surface area (TPSA) is 63.7 Å². The van der Waals surface area contributed by atoms with E-state index in [1.54, 1.807) is 12.3 Å². The smallest absolute Gasteiger partial charge is 0.255 e. The summed E-state index contributed by atoms with van der Waals surface area (Å²) in [5.74, 6) is -1.19. The van der Waals surface area contributed by atoms with Crippen molar-refractivity contribution >= 4 is 11.7 Å². The second-order valence-electron chi connectivity index (χ2n) is 8.29. The highest BCUT2D eigenvalue weighted by molar-refractivity contribution is 5.73. The standard InChI is InChI=1S/C23H27F2N3O3/c1-15(27-16(2)29)17-3-5-19(6-4-17)31-21-9-10-28(13-21)22-8-7-20(12-26-22)30-14-18-11-23(18,24)25/h3-8,12,15,18,21H,9-11,13-14H2,1-2H3,(H,27,29)/t15-,18-,21+/m0/s1. The fraction of sp³-hybridized carbons (Fsp3) is 0.478. The molecule has 1 aromatic heterocycles. The SMILES string of the molecule is CC(=O)N[C@@H](C)c1ccc(O[C@@H]2CCN(c3ccc(OC[C@@H]4CC4(F)F)cn3)C2)cc1. The molecule has 0 bridgehead atoms. The Bertz CT molecular complexity index is 905. The third-order valence-electron chi connectivity index (χ3n) is 5.70. The number of amides is 1. The molecule has 1 aliphatic heterocycles. The number of anilines is 1. The minimum atomic E-state index is -2.57. The first-order valence-electron chi connectivity index (χ1n) is 10.6. The zero-order valence-electron chi connectivity index (χ0n) is 17.7. The Balaban J connectivity index is 1.26. The van der Waals surface area contributed by atoms with Gasteiger partial charge in [0.25, 0.3) is 5.92 Å². The summed E-state index contributed by atoms with van der Waals surface area (Å²) in [5.41, 5.74) is 1.02. The van der Waals surface area contributed by atoms with Crippen LogP contribution in [-0.4, -0.2) is 42.6 Å². The Hall–Kier alpha value is -2.90. The van der Waals surface area contributed by atoms with E-state index < -0.39 is 11.8 Å². The van der Waals surface area contributed by atoms with Crippen LogP contribution in [0.2, 0.25) is 0 Å². The molecule has 0 radical (unpaired) electrons. The summed E-state index contributed by atoms with van der Waals surface area (Å²) in [6.07, 6.45) is 2.42.